The second kappa shape index (κ2) is 57.1. The van der Waals surface area contributed by atoms with E-state index in [1.807, 2.05) is 0 Å². The van der Waals surface area contributed by atoms with Crippen molar-refractivity contribution in [2.75, 3.05) is 98.2 Å². The van der Waals surface area contributed by atoms with Crippen LogP contribution < -0.4 is 0 Å². The average molecular weight is 1110 g/mol. The minimum Gasteiger partial charge on any atom is -0.392 e. The highest BCUT2D eigenvalue weighted by Gasteiger charge is 2.23. The molecular formula is C68H141N5O5. The van der Waals surface area contributed by atoms with Crippen LogP contribution in [0, 0.1) is 0 Å². The van der Waals surface area contributed by atoms with E-state index in [0.29, 0.717) is 32.7 Å². The van der Waals surface area contributed by atoms with Crippen LogP contribution in [-0.2, 0) is 0 Å². The Bertz CT molecular complexity index is 1130. The normalized spacial score (nSPS) is 15.8. The summed E-state index contributed by atoms with van der Waals surface area (Å²) in [6.07, 6.45) is 50.5. The fourth-order valence-corrected chi connectivity index (χ4v) is 12.1. The summed E-state index contributed by atoms with van der Waals surface area (Å²) >= 11 is 0. The molecule has 0 aromatic carbocycles. The lowest BCUT2D eigenvalue weighted by Crippen LogP contribution is -2.51. The first-order valence-corrected chi connectivity index (χ1v) is 35.2. The lowest BCUT2D eigenvalue weighted by molar-refractivity contribution is 0.0419. The van der Waals surface area contributed by atoms with E-state index in [9.17, 15) is 25.5 Å². The number of nitrogens with zero attached hydrogens (tertiary/aromatic N) is 5. The molecule has 10 heteroatoms. The second-order valence-corrected chi connectivity index (χ2v) is 25.4. The fourth-order valence-electron chi connectivity index (χ4n) is 12.1. The Morgan fingerprint density at radius 2 is 0.423 bits per heavy atom. The Hall–Kier alpha value is -0.400. The van der Waals surface area contributed by atoms with Gasteiger partial charge in [0.25, 0.3) is 0 Å². The van der Waals surface area contributed by atoms with Crippen LogP contribution in [0.1, 0.15) is 311 Å². The van der Waals surface area contributed by atoms with E-state index in [2.05, 4.69) is 59.1 Å². The van der Waals surface area contributed by atoms with Crippen molar-refractivity contribution in [2.24, 2.45) is 0 Å². The van der Waals surface area contributed by atoms with Crippen molar-refractivity contribution in [3.63, 3.8) is 0 Å². The molecule has 0 amide bonds. The van der Waals surface area contributed by atoms with Crippen molar-refractivity contribution in [2.45, 2.75) is 341 Å². The molecule has 5 unspecified atom stereocenters. The molecule has 1 aliphatic rings. The standard InChI is InChI=1S/C68H141N5O5/c1-6-11-16-21-26-30-35-40-45-65(75)60-72(61-66(76)46-41-36-31-27-22-17-12-7-2)57-54-70-51-49-69(50-52-70)53-55-71(59-64(74)44-39-34-25-20-15-10-5)56-58-73(62-67(77)47-42-37-32-28-23-18-13-8-3)63-68(78)48-43-38-33-29-24-19-14-9-4/h64-68,74-78H,6-63H2,1-5H3. The first-order valence-electron chi connectivity index (χ1n) is 35.2. The summed E-state index contributed by atoms with van der Waals surface area (Å²) in [6.45, 7) is 24.0. The molecule has 1 fully saturated rings. The molecule has 0 spiro atoms. The van der Waals surface area contributed by atoms with Gasteiger partial charge in [-0.25, -0.2) is 0 Å². The summed E-state index contributed by atoms with van der Waals surface area (Å²) < 4.78 is 0. The Morgan fingerprint density at radius 1 is 0.244 bits per heavy atom. The highest BCUT2D eigenvalue weighted by molar-refractivity contribution is 4.79. The molecule has 5 N–H and O–H groups in total. The SMILES string of the molecule is CCCCCCCCCCC(O)CN(CCN1CCN(CCN(CCN(CC(O)CCCCCCCCCC)CC(O)CCCCCCCCCC)CC(O)CCCCCCCC)CC1)CC(O)CCCCCCCCCC. The van der Waals surface area contributed by atoms with Gasteiger partial charge in [0, 0.05) is 98.2 Å². The largest absolute Gasteiger partial charge is 0.392 e. The zero-order valence-electron chi connectivity index (χ0n) is 53.4. The van der Waals surface area contributed by atoms with Crippen LogP contribution in [0.5, 0.6) is 0 Å². The Balaban J connectivity index is 2.91. The van der Waals surface area contributed by atoms with Gasteiger partial charge in [0.05, 0.1) is 30.5 Å². The van der Waals surface area contributed by atoms with Crippen molar-refractivity contribution in [3.8, 4) is 0 Å². The maximum absolute atomic E-state index is 11.5. The zero-order valence-corrected chi connectivity index (χ0v) is 53.4. The second-order valence-electron chi connectivity index (χ2n) is 25.4. The van der Waals surface area contributed by atoms with Crippen molar-refractivity contribution < 1.29 is 25.5 Å². The molecule has 0 aliphatic carbocycles. The molecule has 468 valence electrons. The van der Waals surface area contributed by atoms with E-state index in [4.69, 9.17) is 0 Å². The lowest BCUT2D eigenvalue weighted by atomic mass is 10.0. The third-order valence-electron chi connectivity index (χ3n) is 17.5. The number of aliphatic hydroxyl groups is 5. The third-order valence-corrected chi connectivity index (χ3v) is 17.5. The summed E-state index contributed by atoms with van der Waals surface area (Å²) in [5, 5.41) is 56.8. The van der Waals surface area contributed by atoms with Crippen molar-refractivity contribution in [3.05, 3.63) is 0 Å². The van der Waals surface area contributed by atoms with Gasteiger partial charge < -0.3 is 25.5 Å². The van der Waals surface area contributed by atoms with Crippen molar-refractivity contribution in [1.29, 1.82) is 0 Å². The number of hydrogen-bond donors (Lipinski definition) is 5. The predicted molar refractivity (Wildman–Crippen MR) is 339 cm³/mol. The van der Waals surface area contributed by atoms with Gasteiger partial charge in [0.2, 0.25) is 0 Å². The predicted octanol–water partition coefficient (Wildman–Crippen LogP) is 15.2. The third kappa shape index (κ3) is 49.1. The first-order chi connectivity index (χ1) is 38.1. The van der Waals surface area contributed by atoms with Crippen molar-refractivity contribution in [1.82, 2.24) is 24.5 Å². The van der Waals surface area contributed by atoms with Crippen LogP contribution >= 0.6 is 0 Å². The highest BCUT2D eigenvalue weighted by atomic mass is 16.3. The van der Waals surface area contributed by atoms with Gasteiger partial charge in [-0.2, -0.15) is 0 Å². The zero-order chi connectivity index (χ0) is 56.8. The van der Waals surface area contributed by atoms with Crippen LogP contribution in [0.15, 0.2) is 0 Å². The van der Waals surface area contributed by atoms with Crippen LogP contribution in [0.25, 0.3) is 0 Å². The minimum absolute atomic E-state index is 0.342. The minimum atomic E-state index is -0.384. The monoisotopic (exact) mass is 1110 g/mol. The van der Waals surface area contributed by atoms with E-state index in [1.165, 1.54) is 212 Å². The number of aliphatic hydroxyl groups excluding tert-OH is 5. The van der Waals surface area contributed by atoms with Crippen molar-refractivity contribution >= 4 is 0 Å². The van der Waals surface area contributed by atoms with Gasteiger partial charge in [-0.3, -0.25) is 24.5 Å². The van der Waals surface area contributed by atoms with Crippen LogP contribution in [0.3, 0.4) is 0 Å². The molecule has 1 rings (SSSR count). The molecule has 0 aromatic rings. The topological polar surface area (TPSA) is 117 Å². The molecule has 1 heterocycles. The van der Waals surface area contributed by atoms with E-state index in [0.717, 1.165) is 130 Å². The Morgan fingerprint density at radius 3 is 0.667 bits per heavy atom. The van der Waals surface area contributed by atoms with E-state index in [-0.39, 0.29) is 30.5 Å². The summed E-state index contributed by atoms with van der Waals surface area (Å²) in [6, 6.07) is 0. The van der Waals surface area contributed by atoms with Gasteiger partial charge in [-0.15, -0.1) is 0 Å². The number of hydrogen-bond acceptors (Lipinski definition) is 10. The Labute approximate surface area is 487 Å². The van der Waals surface area contributed by atoms with Gasteiger partial charge >= 0.3 is 0 Å². The summed E-state index contributed by atoms with van der Waals surface area (Å²) in [7, 11) is 0. The maximum Gasteiger partial charge on any atom is 0.0667 e. The molecule has 1 saturated heterocycles. The highest BCUT2D eigenvalue weighted by Crippen LogP contribution is 2.18. The van der Waals surface area contributed by atoms with E-state index < -0.39 is 0 Å². The lowest BCUT2D eigenvalue weighted by Gasteiger charge is -2.37. The molecule has 0 radical (unpaired) electrons. The molecule has 10 nitrogen and oxygen atoms in total. The smallest absolute Gasteiger partial charge is 0.0667 e. The summed E-state index contributed by atoms with van der Waals surface area (Å²) in [5.41, 5.74) is 0. The Kier molecular flexibility index (Phi) is 55.3. The molecule has 0 aromatic heterocycles. The van der Waals surface area contributed by atoms with Crippen LogP contribution in [0.2, 0.25) is 0 Å². The van der Waals surface area contributed by atoms with E-state index in [1.54, 1.807) is 0 Å². The maximum atomic E-state index is 11.5. The molecule has 0 saturated carbocycles. The number of unbranched alkanes of at least 4 members (excludes halogenated alkanes) is 33. The van der Waals surface area contributed by atoms with Gasteiger partial charge in [0.1, 0.15) is 0 Å². The molecule has 5 atom stereocenters. The first kappa shape index (κ1) is 75.6. The van der Waals surface area contributed by atoms with Gasteiger partial charge in [0.15, 0.2) is 0 Å². The van der Waals surface area contributed by atoms with Crippen LogP contribution in [0.4, 0.5) is 0 Å². The molecule has 78 heavy (non-hydrogen) atoms. The van der Waals surface area contributed by atoms with E-state index >= 15 is 0 Å². The fraction of sp³-hybridized carbons (Fsp3) is 1.00. The molecule has 0 bridgehead atoms. The van der Waals surface area contributed by atoms with Gasteiger partial charge in [-0.1, -0.05) is 279 Å². The summed E-state index contributed by atoms with van der Waals surface area (Å²) in [4.78, 5) is 12.4. The number of piperazine rings is 1. The number of rotatable bonds is 62. The molecule has 1 aliphatic heterocycles. The van der Waals surface area contributed by atoms with Crippen LogP contribution in [-0.4, -0.2) is 179 Å². The van der Waals surface area contributed by atoms with Gasteiger partial charge in [-0.05, 0) is 32.1 Å². The molecular weight excluding hydrogens is 967 g/mol. The average Bonchev–Trinajstić information content (AvgIpc) is 3.42. The quantitative estimate of drug-likeness (QED) is 0.0377. The summed E-state index contributed by atoms with van der Waals surface area (Å²) in [5.74, 6) is 0.